The predicted octanol–water partition coefficient (Wildman–Crippen LogP) is -0.114. The van der Waals surface area contributed by atoms with E-state index in [1.165, 1.54) is 10.6 Å². The van der Waals surface area contributed by atoms with Crippen molar-refractivity contribution in [1.82, 2.24) is 4.31 Å². The molecule has 0 aromatic carbocycles. The molecule has 1 saturated heterocycles. The maximum absolute atomic E-state index is 11.2. The summed E-state index contributed by atoms with van der Waals surface area (Å²) in [7, 11) is -3.12. The maximum Gasteiger partial charge on any atom is 0.211 e. The Morgan fingerprint density at radius 3 is 2.75 bits per heavy atom. The minimum atomic E-state index is -3.12. The van der Waals surface area contributed by atoms with Crippen LogP contribution in [-0.2, 0) is 14.8 Å². The van der Waals surface area contributed by atoms with Crippen molar-refractivity contribution in [3.63, 3.8) is 0 Å². The third-order valence-electron chi connectivity index (χ3n) is 1.78. The summed E-state index contributed by atoms with van der Waals surface area (Å²) in [6.07, 6.45) is 1.19. The third kappa shape index (κ3) is 2.32. The molecular formula is C6H12ClNO3S. The summed E-state index contributed by atoms with van der Waals surface area (Å²) in [5, 5.41) is 0. The fourth-order valence-corrected chi connectivity index (χ4v) is 2.62. The lowest BCUT2D eigenvalue weighted by Crippen LogP contribution is -2.49. The van der Waals surface area contributed by atoms with E-state index in [1.54, 1.807) is 0 Å². The highest BCUT2D eigenvalue weighted by Gasteiger charge is 2.28. The molecule has 0 aliphatic carbocycles. The number of sulfonamides is 1. The van der Waals surface area contributed by atoms with Crippen molar-refractivity contribution >= 4 is 21.6 Å². The van der Waals surface area contributed by atoms with Gasteiger partial charge in [-0.15, -0.1) is 11.6 Å². The zero-order chi connectivity index (χ0) is 9.19. The molecule has 0 saturated carbocycles. The fraction of sp³-hybridized carbons (Fsp3) is 1.00. The van der Waals surface area contributed by atoms with Crippen LogP contribution in [0.25, 0.3) is 0 Å². The zero-order valence-electron chi connectivity index (χ0n) is 6.86. The van der Waals surface area contributed by atoms with E-state index in [0.717, 1.165) is 0 Å². The summed E-state index contributed by atoms with van der Waals surface area (Å²) in [6.45, 7) is 1.27. The van der Waals surface area contributed by atoms with Gasteiger partial charge in [0.15, 0.2) is 0 Å². The number of nitrogens with zero attached hydrogens (tertiary/aromatic N) is 1. The molecule has 1 rings (SSSR count). The van der Waals surface area contributed by atoms with Gasteiger partial charge in [0.05, 0.1) is 25.5 Å². The van der Waals surface area contributed by atoms with E-state index in [1.807, 2.05) is 0 Å². The van der Waals surface area contributed by atoms with Gasteiger partial charge in [0.25, 0.3) is 0 Å². The summed E-state index contributed by atoms with van der Waals surface area (Å²) in [4.78, 5) is 0. The van der Waals surface area contributed by atoms with Gasteiger partial charge in [-0.05, 0) is 0 Å². The average molecular weight is 214 g/mol. The molecule has 0 N–H and O–H groups in total. The molecule has 0 radical (unpaired) electrons. The molecule has 6 heteroatoms. The Morgan fingerprint density at radius 2 is 2.33 bits per heavy atom. The predicted molar refractivity (Wildman–Crippen MR) is 46.9 cm³/mol. The van der Waals surface area contributed by atoms with Gasteiger partial charge in [-0.25, -0.2) is 8.42 Å². The summed E-state index contributed by atoms with van der Waals surface area (Å²) in [5.74, 6) is 0.285. The Morgan fingerprint density at radius 1 is 1.67 bits per heavy atom. The molecule has 4 nitrogen and oxygen atoms in total. The lowest BCUT2D eigenvalue weighted by Gasteiger charge is -2.32. The van der Waals surface area contributed by atoms with Crippen molar-refractivity contribution in [3.05, 3.63) is 0 Å². The van der Waals surface area contributed by atoms with Crippen molar-refractivity contribution in [2.75, 3.05) is 31.9 Å². The zero-order valence-corrected chi connectivity index (χ0v) is 8.44. The molecule has 1 aliphatic rings. The highest BCUT2D eigenvalue weighted by molar-refractivity contribution is 7.88. The molecule has 1 fully saturated rings. The Balaban J connectivity index is 2.72. The second-order valence-electron chi connectivity index (χ2n) is 2.76. The molecule has 0 amide bonds. The van der Waals surface area contributed by atoms with E-state index >= 15 is 0 Å². The normalized spacial score (nSPS) is 27.3. The molecule has 1 unspecified atom stereocenters. The Bertz CT molecular complexity index is 241. The van der Waals surface area contributed by atoms with Gasteiger partial charge in [0, 0.05) is 12.4 Å². The van der Waals surface area contributed by atoms with Crippen LogP contribution in [0.4, 0.5) is 0 Å². The van der Waals surface area contributed by atoms with E-state index in [4.69, 9.17) is 16.3 Å². The minimum Gasteiger partial charge on any atom is -0.378 e. The Hall–Kier alpha value is 0.160. The molecular weight excluding hydrogens is 202 g/mol. The molecule has 0 bridgehead atoms. The number of halogens is 1. The number of rotatable bonds is 2. The molecule has 0 aromatic heterocycles. The van der Waals surface area contributed by atoms with E-state index < -0.39 is 10.0 Å². The largest absolute Gasteiger partial charge is 0.378 e. The van der Waals surface area contributed by atoms with Crippen molar-refractivity contribution < 1.29 is 13.2 Å². The molecule has 1 atom stereocenters. The van der Waals surface area contributed by atoms with Crippen molar-refractivity contribution in [2.24, 2.45) is 0 Å². The monoisotopic (exact) mass is 213 g/mol. The first kappa shape index (κ1) is 10.2. The van der Waals surface area contributed by atoms with Gasteiger partial charge in [-0.3, -0.25) is 0 Å². The Labute approximate surface area is 77.5 Å². The SMILES string of the molecule is CS(=O)(=O)N1CCOCC1CCl. The van der Waals surface area contributed by atoms with Crippen molar-refractivity contribution in [1.29, 1.82) is 0 Å². The molecule has 1 heterocycles. The number of morpholine rings is 1. The fourth-order valence-electron chi connectivity index (χ4n) is 1.20. The summed E-state index contributed by atoms with van der Waals surface area (Å²) >= 11 is 5.60. The lowest BCUT2D eigenvalue weighted by molar-refractivity contribution is 0.0408. The van der Waals surface area contributed by atoms with Crippen LogP contribution in [0.1, 0.15) is 0 Å². The molecule has 0 aromatic rings. The average Bonchev–Trinajstić information content (AvgIpc) is 2.03. The smallest absolute Gasteiger partial charge is 0.211 e. The van der Waals surface area contributed by atoms with Gasteiger partial charge in [0.1, 0.15) is 0 Å². The van der Waals surface area contributed by atoms with Crippen LogP contribution >= 0.6 is 11.6 Å². The van der Waals surface area contributed by atoms with Crippen LogP contribution in [0.15, 0.2) is 0 Å². The highest BCUT2D eigenvalue weighted by Crippen LogP contribution is 2.11. The molecule has 12 heavy (non-hydrogen) atoms. The van der Waals surface area contributed by atoms with Gasteiger partial charge >= 0.3 is 0 Å². The van der Waals surface area contributed by atoms with Crippen molar-refractivity contribution in [2.45, 2.75) is 6.04 Å². The topological polar surface area (TPSA) is 46.6 Å². The summed E-state index contributed by atoms with van der Waals surface area (Å²) in [6, 6.07) is -0.199. The third-order valence-corrected chi connectivity index (χ3v) is 3.47. The number of alkyl halides is 1. The van der Waals surface area contributed by atoms with Gasteiger partial charge < -0.3 is 4.74 Å². The summed E-state index contributed by atoms with van der Waals surface area (Å²) < 4.78 is 28.8. The van der Waals surface area contributed by atoms with E-state index in [-0.39, 0.29) is 11.9 Å². The van der Waals surface area contributed by atoms with Crippen LogP contribution in [0.2, 0.25) is 0 Å². The van der Waals surface area contributed by atoms with Gasteiger partial charge in [0.2, 0.25) is 10.0 Å². The molecule has 72 valence electrons. The van der Waals surface area contributed by atoms with Gasteiger partial charge in [-0.2, -0.15) is 4.31 Å². The quantitative estimate of drug-likeness (QED) is 0.602. The van der Waals surface area contributed by atoms with E-state index in [0.29, 0.717) is 19.8 Å². The molecule has 1 aliphatic heterocycles. The van der Waals surface area contributed by atoms with E-state index in [2.05, 4.69) is 0 Å². The maximum atomic E-state index is 11.2. The first-order chi connectivity index (χ1) is 5.55. The first-order valence-corrected chi connectivity index (χ1v) is 6.04. The van der Waals surface area contributed by atoms with E-state index in [9.17, 15) is 8.42 Å². The minimum absolute atomic E-state index is 0.199. The highest BCUT2D eigenvalue weighted by atomic mass is 35.5. The number of hydrogen-bond acceptors (Lipinski definition) is 3. The van der Waals surface area contributed by atoms with Crippen LogP contribution in [-0.4, -0.2) is 50.7 Å². The van der Waals surface area contributed by atoms with Crippen LogP contribution < -0.4 is 0 Å². The van der Waals surface area contributed by atoms with Crippen LogP contribution in [0.5, 0.6) is 0 Å². The van der Waals surface area contributed by atoms with Crippen LogP contribution in [0, 0.1) is 0 Å². The Kier molecular flexibility index (Phi) is 3.34. The standard InChI is InChI=1S/C6H12ClNO3S/c1-12(9,10)8-2-3-11-5-6(8)4-7/h6H,2-5H2,1H3. The molecule has 0 spiro atoms. The second-order valence-corrected chi connectivity index (χ2v) is 5.00. The summed E-state index contributed by atoms with van der Waals surface area (Å²) in [5.41, 5.74) is 0. The van der Waals surface area contributed by atoms with Crippen molar-refractivity contribution in [3.8, 4) is 0 Å². The first-order valence-electron chi connectivity index (χ1n) is 3.66. The second kappa shape index (κ2) is 3.91. The lowest BCUT2D eigenvalue weighted by atomic mass is 10.3. The van der Waals surface area contributed by atoms with Gasteiger partial charge in [-0.1, -0.05) is 0 Å². The number of hydrogen-bond donors (Lipinski definition) is 0. The van der Waals surface area contributed by atoms with Crippen LogP contribution in [0.3, 0.4) is 0 Å². The number of ether oxygens (including phenoxy) is 1.